The fourth-order valence-corrected chi connectivity index (χ4v) is 5.19. The Bertz CT molecular complexity index is 1430. The van der Waals surface area contributed by atoms with Gasteiger partial charge in [0.1, 0.15) is 11.9 Å². The Labute approximate surface area is 217 Å². The molecule has 1 N–H and O–H groups in total. The highest BCUT2D eigenvalue weighted by Crippen LogP contribution is 2.47. The normalized spacial score (nSPS) is 19.1. The van der Waals surface area contributed by atoms with Crippen molar-refractivity contribution in [3.8, 4) is 17.7 Å². The number of aliphatic carboxylic acids is 1. The van der Waals surface area contributed by atoms with Gasteiger partial charge >= 0.3 is 11.9 Å². The largest absolute Gasteiger partial charge is 0.481 e. The number of fused-ring (bicyclic) bond motifs is 1. The molecular weight excluding hydrogens is 524 g/mol. The predicted octanol–water partition coefficient (Wildman–Crippen LogP) is 5.24. The molecule has 186 valence electrons. The number of hydrogen-bond donors (Lipinski definition) is 1. The number of carbonyl (C=O) groups excluding carboxylic acids is 1. The Morgan fingerprint density at radius 1 is 1.22 bits per heavy atom. The minimum absolute atomic E-state index is 0.242. The van der Waals surface area contributed by atoms with Gasteiger partial charge in [-0.2, -0.15) is 0 Å². The van der Waals surface area contributed by atoms with Crippen molar-refractivity contribution in [2.45, 2.75) is 58.0 Å². The third-order valence-electron chi connectivity index (χ3n) is 6.89. The summed E-state index contributed by atoms with van der Waals surface area (Å²) in [5.74, 6) is 5.02. The van der Waals surface area contributed by atoms with Crippen LogP contribution in [0.3, 0.4) is 0 Å². The zero-order valence-corrected chi connectivity index (χ0v) is 22.0. The van der Waals surface area contributed by atoms with E-state index in [2.05, 4.69) is 38.9 Å². The molecule has 36 heavy (non-hydrogen) atoms. The van der Waals surface area contributed by atoms with Crippen molar-refractivity contribution in [3.05, 3.63) is 39.9 Å². The Hall–Kier alpha value is -3.38. The molecule has 0 radical (unpaired) electrons. The van der Waals surface area contributed by atoms with E-state index >= 15 is 0 Å². The highest BCUT2D eigenvalue weighted by atomic mass is 79.9. The zero-order valence-electron chi connectivity index (χ0n) is 20.4. The lowest BCUT2D eigenvalue weighted by Crippen LogP contribution is -2.26. The Morgan fingerprint density at radius 3 is 2.67 bits per heavy atom. The monoisotopic (exact) mass is 550 g/mol. The van der Waals surface area contributed by atoms with Crippen molar-refractivity contribution in [2.75, 3.05) is 4.90 Å². The number of halogens is 1. The van der Waals surface area contributed by atoms with Crippen molar-refractivity contribution in [3.63, 3.8) is 0 Å². The number of ether oxygens (including phenoxy) is 1. The molecule has 2 atom stereocenters. The van der Waals surface area contributed by atoms with Gasteiger partial charge in [0.05, 0.1) is 17.1 Å². The highest BCUT2D eigenvalue weighted by Gasteiger charge is 2.33. The first-order valence-electron chi connectivity index (χ1n) is 12.1. The van der Waals surface area contributed by atoms with Crippen LogP contribution in [0.25, 0.3) is 11.0 Å². The number of carboxylic acids is 1. The van der Waals surface area contributed by atoms with Crippen LogP contribution in [0.5, 0.6) is 5.88 Å². The highest BCUT2D eigenvalue weighted by molar-refractivity contribution is 9.10. The van der Waals surface area contributed by atoms with Gasteiger partial charge in [-0.3, -0.25) is 19.2 Å². The van der Waals surface area contributed by atoms with Gasteiger partial charge in [0.2, 0.25) is 0 Å². The lowest BCUT2D eigenvalue weighted by molar-refractivity contribution is -0.141. The van der Waals surface area contributed by atoms with Gasteiger partial charge in [0.25, 0.3) is 5.88 Å². The van der Waals surface area contributed by atoms with E-state index in [1.165, 1.54) is 0 Å². The van der Waals surface area contributed by atoms with Gasteiger partial charge in [-0.15, -0.1) is 5.10 Å². The summed E-state index contributed by atoms with van der Waals surface area (Å²) in [7, 11) is 1.81. The third-order valence-corrected chi connectivity index (χ3v) is 7.75. The van der Waals surface area contributed by atoms with E-state index in [-0.39, 0.29) is 12.0 Å². The van der Waals surface area contributed by atoms with Gasteiger partial charge in [-0.25, -0.2) is 4.98 Å². The van der Waals surface area contributed by atoms with E-state index in [9.17, 15) is 14.7 Å². The van der Waals surface area contributed by atoms with E-state index in [4.69, 9.17) is 9.72 Å². The standard InChI is InChI=1S/C27H27BrN4O4/c1-4-5-24(33)32(22-12-15(2)20(28)14-19(22)16-6-7-16)23-11-10-21-25(29-23)26(30-31(21)3)36-18-9-8-17(13-18)27(34)35/h10-12,14,16-18H,6-9,13H2,1-3H3,(H,34,35)/t17-,18-/m1/s1. The van der Waals surface area contributed by atoms with Gasteiger partial charge in [0.15, 0.2) is 5.52 Å². The number of aryl methyl sites for hydroxylation is 2. The van der Waals surface area contributed by atoms with Crippen LogP contribution in [0.1, 0.15) is 56.1 Å². The molecular formula is C27H27BrN4O4. The van der Waals surface area contributed by atoms with Crippen molar-refractivity contribution in [1.82, 2.24) is 14.8 Å². The number of benzene rings is 1. The molecule has 2 aromatic heterocycles. The van der Waals surface area contributed by atoms with Crippen molar-refractivity contribution >= 4 is 50.3 Å². The first kappa shape index (κ1) is 24.3. The molecule has 8 nitrogen and oxygen atoms in total. The molecule has 0 bridgehead atoms. The van der Waals surface area contributed by atoms with Crippen molar-refractivity contribution in [1.29, 1.82) is 0 Å². The number of amides is 1. The van der Waals surface area contributed by atoms with Gasteiger partial charge in [-0.1, -0.05) is 21.9 Å². The molecule has 2 heterocycles. The number of carbonyl (C=O) groups is 2. The van der Waals surface area contributed by atoms with Crippen LogP contribution in [0.15, 0.2) is 28.7 Å². The summed E-state index contributed by atoms with van der Waals surface area (Å²) in [5, 5.41) is 13.8. The minimum Gasteiger partial charge on any atom is -0.481 e. The zero-order chi connectivity index (χ0) is 25.6. The van der Waals surface area contributed by atoms with Crippen LogP contribution >= 0.6 is 15.9 Å². The number of aromatic nitrogens is 3. The minimum atomic E-state index is -0.796. The number of hydrogen-bond acceptors (Lipinski definition) is 5. The molecule has 2 aliphatic carbocycles. The third kappa shape index (κ3) is 4.58. The molecule has 3 aromatic rings. The second-order valence-corrected chi connectivity index (χ2v) is 10.4. The fraction of sp³-hybridized carbons (Fsp3) is 0.407. The number of pyridine rings is 1. The second-order valence-electron chi connectivity index (χ2n) is 9.50. The van der Waals surface area contributed by atoms with E-state index in [1.807, 2.05) is 19.1 Å². The number of anilines is 2. The van der Waals surface area contributed by atoms with Crippen LogP contribution in [-0.2, 0) is 16.6 Å². The maximum atomic E-state index is 13.3. The number of carboxylic acid groups (broad SMARTS) is 1. The van der Waals surface area contributed by atoms with Crippen LogP contribution in [0, 0.1) is 24.7 Å². The predicted molar refractivity (Wildman–Crippen MR) is 139 cm³/mol. The summed E-state index contributed by atoms with van der Waals surface area (Å²) in [6.45, 7) is 3.63. The maximum absolute atomic E-state index is 13.3. The summed E-state index contributed by atoms with van der Waals surface area (Å²) in [4.78, 5) is 31.1. The van der Waals surface area contributed by atoms with E-state index in [1.54, 1.807) is 29.6 Å². The lowest BCUT2D eigenvalue weighted by Gasteiger charge is -2.24. The number of rotatable bonds is 6. The molecule has 1 aromatic carbocycles. The summed E-state index contributed by atoms with van der Waals surface area (Å²) in [6, 6.07) is 7.77. The molecule has 0 spiro atoms. The van der Waals surface area contributed by atoms with Crippen LogP contribution < -0.4 is 9.64 Å². The van der Waals surface area contributed by atoms with E-state index < -0.39 is 11.9 Å². The summed E-state index contributed by atoms with van der Waals surface area (Å²) in [5.41, 5.74) is 4.17. The first-order chi connectivity index (χ1) is 17.3. The number of nitrogens with zero attached hydrogens (tertiary/aromatic N) is 4. The molecule has 2 fully saturated rings. The van der Waals surface area contributed by atoms with Crippen molar-refractivity contribution < 1.29 is 19.4 Å². The average molecular weight is 551 g/mol. The molecule has 2 saturated carbocycles. The van der Waals surface area contributed by atoms with E-state index in [0.29, 0.717) is 42.4 Å². The molecule has 0 unspecified atom stereocenters. The summed E-state index contributed by atoms with van der Waals surface area (Å²) < 4.78 is 8.84. The fourth-order valence-electron chi connectivity index (χ4n) is 4.83. The average Bonchev–Trinajstić information content (AvgIpc) is 3.50. The van der Waals surface area contributed by atoms with Gasteiger partial charge in [-0.05, 0) is 93.2 Å². The molecule has 2 aliphatic rings. The Balaban J connectivity index is 1.58. The van der Waals surface area contributed by atoms with Gasteiger partial charge in [0, 0.05) is 11.5 Å². The molecule has 9 heteroatoms. The smallest absolute Gasteiger partial charge is 0.308 e. The second kappa shape index (κ2) is 9.58. The van der Waals surface area contributed by atoms with E-state index in [0.717, 1.165) is 39.6 Å². The van der Waals surface area contributed by atoms with Crippen LogP contribution in [-0.4, -0.2) is 37.9 Å². The first-order valence-corrected chi connectivity index (χ1v) is 12.9. The molecule has 0 aliphatic heterocycles. The van der Waals surface area contributed by atoms with Gasteiger partial charge < -0.3 is 9.84 Å². The quantitative estimate of drug-likeness (QED) is 0.421. The maximum Gasteiger partial charge on any atom is 0.308 e. The Kier molecular flexibility index (Phi) is 6.47. The lowest BCUT2D eigenvalue weighted by atomic mass is 10.0. The molecule has 5 rings (SSSR count). The molecule has 0 saturated heterocycles. The summed E-state index contributed by atoms with van der Waals surface area (Å²) >= 11 is 3.64. The SMILES string of the molecule is CC#CC(=O)N(c1ccc2c(n1)c(O[C@@H]1CC[C@@H](C(=O)O)C1)nn2C)c1cc(C)c(Br)cc1C1CC1. The Morgan fingerprint density at radius 2 is 2.00 bits per heavy atom. The summed E-state index contributed by atoms with van der Waals surface area (Å²) in [6.07, 6.45) is 3.58. The van der Waals surface area contributed by atoms with Crippen molar-refractivity contribution in [2.24, 2.45) is 13.0 Å². The molecule has 1 amide bonds. The topological polar surface area (TPSA) is 97.6 Å². The van der Waals surface area contributed by atoms with Crippen LogP contribution in [0.2, 0.25) is 0 Å². The van der Waals surface area contributed by atoms with Crippen LogP contribution in [0.4, 0.5) is 11.5 Å².